The van der Waals surface area contributed by atoms with Crippen LogP contribution in [-0.2, 0) is 17.8 Å². The number of hydrogen-bond donors (Lipinski definition) is 3. The lowest BCUT2D eigenvalue weighted by Gasteiger charge is -2.10. The fourth-order valence-electron chi connectivity index (χ4n) is 3.25. The first-order valence-corrected chi connectivity index (χ1v) is 11.1. The molecule has 0 spiro atoms. The summed E-state index contributed by atoms with van der Waals surface area (Å²) in [4.78, 5) is 28.3. The Kier molecular flexibility index (Phi) is 8.69. The average Bonchev–Trinajstić information content (AvgIpc) is 3.23. The van der Waals surface area contributed by atoms with Gasteiger partial charge in [0.05, 0.1) is 13.7 Å². The first-order chi connectivity index (χ1) is 16.8. The number of alkyl carbamates (subject to hydrolysis) is 1. The van der Waals surface area contributed by atoms with E-state index in [1.165, 1.54) is 0 Å². The topological polar surface area (TPSA) is 141 Å². The summed E-state index contributed by atoms with van der Waals surface area (Å²) >= 11 is 6.19. The van der Waals surface area contributed by atoms with Crippen LogP contribution in [0.2, 0.25) is 5.02 Å². The molecule has 2 aromatic carbocycles. The van der Waals surface area contributed by atoms with E-state index in [9.17, 15) is 9.59 Å². The highest BCUT2D eigenvalue weighted by atomic mass is 35.5. The molecule has 0 aliphatic rings. The molecule has 0 saturated carbocycles. The molecule has 11 heteroatoms. The molecule has 184 valence electrons. The van der Waals surface area contributed by atoms with Gasteiger partial charge in [0.25, 0.3) is 5.91 Å². The van der Waals surface area contributed by atoms with Crippen molar-refractivity contribution in [2.75, 3.05) is 13.7 Å². The van der Waals surface area contributed by atoms with Gasteiger partial charge in [0, 0.05) is 23.7 Å². The molecular weight excluding hydrogens is 474 g/mol. The van der Waals surface area contributed by atoms with E-state index < -0.39 is 12.0 Å². The minimum absolute atomic E-state index is 0.0811. The van der Waals surface area contributed by atoms with Gasteiger partial charge < -0.3 is 30.4 Å². The summed E-state index contributed by atoms with van der Waals surface area (Å²) in [5, 5.41) is 10.0. The Bertz CT molecular complexity index is 1220. The molecule has 0 bridgehead atoms. The number of rotatable bonds is 8. The van der Waals surface area contributed by atoms with Gasteiger partial charge in [-0.3, -0.25) is 4.79 Å². The van der Waals surface area contributed by atoms with Crippen LogP contribution in [0.25, 0.3) is 11.3 Å². The van der Waals surface area contributed by atoms with Crippen molar-refractivity contribution in [1.29, 1.82) is 0 Å². The lowest BCUT2D eigenvalue weighted by atomic mass is 10.1. The maximum atomic E-state index is 12.9. The predicted octanol–water partition coefficient (Wildman–Crippen LogP) is 3.80. The van der Waals surface area contributed by atoms with Crippen LogP contribution in [0.5, 0.6) is 5.75 Å². The molecule has 0 atom stereocenters. The Morgan fingerprint density at radius 2 is 1.77 bits per heavy atom. The summed E-state index contributed by atoms with van der Waals surface area (Å²) in [7, 11) is 1.57. The lowest BCUT2D eigenvalue weighted by Crippen LogP contribution is -2.32. The van der Waals surface area contributed by atoms with E-state index in [0.29, 0.717) is 27.8 Å². The number of aryl methyl sites for hydroxylation is 1. The number of aliphatic imine (C=N–C) groups is 1. The Labute approximate surface area is 207 Å². The molecular formula is C24H26ClN5O5. The molecule has 0 unspecified atom stereocenters. The second-order valence-electron chi connectivity index (χ2n) is 7.39. The van der Waals surface area contributed by atoms with Crippen molar-refractivity contribution in [1.82, 2.24) is 15.8 Å². The summed E-state index contributed by atoms with van der Waals surface area (Å²) in [5.74, 6) is 0.326. The SMILES string of the molecule is CCOC(=O)NCc1cc(Cl)cc(CN/C(N)=N/C(=O)c2c(-c3ccc(OC)cc3)noc2C)c1. The standard InChI is InChI=1S/C24H26ClN5O5/c1-4-34-24(32)28-13-16-9-15(10-18(25)11-16)12-27-23(26)29-22(31)20-14(2)35-30-21(20)17-5-7-19(33-3)8-6-17/h5-11H,4,12-13H2,1-3H3,(H,28,32)(H3,26,27,29,31). The zero-order chi connectivity index (χ0) is 25.4. The van der Waals surface area contributed by atoms with Crippen molar-refractivity contribution in [2.45, 2.75) is 26.9 Å². The smallest absolute Gasteiger partial charge is 0.407 e. The maximum absolute atomic E-state index is 12.9. The fourth-order valence-corrected chi connectivity index (χ4v) is 3.53. The summed E-state index contributed by atoms with van der Waals surface area (Å²) in [6.45, 7) is 4.14. The highest BCUT2D eigenvalue weighted by molar-refractivity contribution is 6.30. The Morgan fingerprint density at radius 3 is 2.40 bits per heavy atom. The zero-order valence-corrected chi connectivity index (χ0v) is 20.3. The molecule has 4 N–H and O–H groups in total. The van der Waals surface area contributed by atoms with Crippen LogP contribution in [0.3, 0.4) is 0 Å². The van der Waals surface area contributed by atoms with Crippen LogP contribution >= 0.6 is 11.6 Å². The molecule has 3 rings (SSSR count). The number of benzene rings is 2. The minimum Gasteiger partial charge on any atom is -0.497 e. The minimum atomic E-state index is -0.593. The Hall–Kier alpha value is -4.05. The Balaban J connectivity index is 1.69. The first kappa shape index (κ1) is 25.6. The van der Waals surface area contributed by atoms with E-state index in [1.807, 2.05) is 6.07 Å². The molecule has 10 nitrogen and oxygen atoms in total. The quantitative estimate of drug-likeness (QED) is 0.314. The molecule has 35 heavy (non-hydrogen) atoms. The van der Waals surface area contributed by atoms with Crippen LogP contribution in [-0.4, -0.2) is 36.8 Å². The fraction of sp³-hybridized carbons (Fsp3) is 0.250. The summed E-state index contributed by atoms with van der Waals surface area (Å²) in [6.07, 6.45) is -0.514. The van der Waals surface area contributed by atoms with Gasteiger partial charge >= 0.3 is 6.09 Å². The van der Waals surface area contributed by atoms with Crippen molar-refractivity contribution in [3.63, 3.8) is 0 Å². The lowest BCUT2D eigenvalue weighted by molar-refractivity contribution is 0.100. The number of amides is 2. The summed E-state index contributed by atoms with van der Waals surface area (Å²) < 4.78 is 15.2. The van der Waals surface area contributed by atoms with Crippen molar-refractivity contribution in [3.05, 3.63) is 69.9 Å². The van der Waals surface area contributed by atoms with Crippen molar-refractivity contribution in [3.8, 4) is 17.0 Å². The van der Waals surface area contributed by atoms with Crippen LogP contribution in [0.1, 0.15) is 34.2 Å². The number of hydrogen-bond acceptors (Lipinski definition) is 6. The van der Waals surface area contributed by atoms with Gasteiger partial charge in [0.1, 0.15) is 22.8 Å². The first-order valence-electron chi connectivity index (χ1n) is 10.7. The number of guanidine groups is 1. The number of ether oxygens (including phenoxy) is 2. The van der Waals surface area contributed by atoms with Gasteiger partial charge in [-0.25, -0.2) is 4.79 Å². The summed E-state index contributed by atoms with van der Waals surface area (Å²) in [6, 6.07) is 12.4. The van der Waals surface area contributed by atoms with Crippen LogP contribution in [0, 0.1) is 6.92 Å². The van der Waals surface area contributed by atoms with Crippen molar-refractivity contribution in [2.24, 2.45) is 10.7 Å². The van der Waals surface area contributed by atoms with Crippen LogP contribution in [0.15, 0.2) is 52.0 Å². The average molecular weight is 500 g/mol. The maximum Gasteiger partial charge on any atom is 0.407 e. The highest BCUT2D eigenvalue weighted by Gasteiger charge is 2.21. The van der Waals surface area contributed by atoms with E-state index in [1.54, 1.807) is 57.4 Å². The molecule has 1 aromatic heterocycles. The molecule has 1 heterocycles. The normalized spacial score (nSPS) is 11.1. The predicted molar refractivity (Wildman–Crippen MR) is 131 cm³/mol. The number of aromatic nitrogens is 1. The van der Waals surface area contributed by atoms with Gasteiger partial charge in [-0.15, -0.1) is 0 Å². The number of nitrogens with zero attached hydrogens (tertiary/aromatic N) is 2. The van der Waals surface area contributed by atoms with E-state index in [0.717, 1.165) is 11.1 Å². The van der Waals surface area contributed by atoms with Crippen molar-refractivity contribution >= 4 is 29.6 Å². The molecule has 2 amide bonds. The van der Waals surface area contributed by atoms with E-state index in [-0.39, 0.29) is 31.2 Å². The third-order valence-electron chi connectivity index (χ3n) is 4.87. The number of methoxy groups -OCH3 is 1. The van der Waals surface area contributed by atoms with E-state index in [2.05, 4.69) is 20.8 Å². The van der Waals surface area contributed by atoms with E-state index in [4.69, 9.17) is 31.3 Å². The largest absolute Gasteiger partial charge is 0.497 e. The van der Waals surface area contributed by atoms with Gasteiger partial charge in [0.15, 0.2) is 5.96 Å². The van der Waals surface area contributed by atoms with E-state index >= 15 is 0 Å². The number of carbonyl (C=O) groups excluding carboxylic acids is 2. The number of nitrogens with one attached hydrogen (secondary N) is 2. The van der Waals surface area contributed by atoms with Gasteiger partial charge in [-0.1, -0.05) is 22.8 Å². The highest BCUT2D eigenvalue weighted by Crippen LogP contribution is 2.27. The molecule has 0 radical (unpaired) electrons. The van der Waals surface area contributed by atoms with Gasteiger partial charge in [0.2, 0.25) is 0 Å². The molecule has 0 saturated heterocycles. The van der Waals surface area contributed by atoms with Crippen molar-refractivity contribution < 1.29 is 23.6 Å². The number of carbonyl (C=O) groups is 2. The Morgan fingerprint density at radius 1 is 1.11 bits per heavy atom. The zero-order valence-electron chi connectivity index (χ0n) is 19.6. The molecule has 3 aromatic rings. The second-order valence-corrected chi connectivity index (χ2v) is 7.82. The van der Waals surface area contributed by atoms with Gasteiger partial charge in [-0.05, 0) is 61.4 Å². The van der Waals surface area contributed by atoms with Gasteiger partial charge in [-0.2, -0.15) is 4.99 Å². The number of halogens is 1. The molecule has 0 aliphatic heterocycles. The second kappa shape index (κ2) is 11.9. The van der Waals surface area contributed by atoms with Crippen LogP contribution < -0.4 is 21.1 Å². The number of nitrogens with two attached hydrogens (primary N) is 1. The molecule has 0 fully saturated rings. The monoisotopic (exact) mass is 499 g/mol. The molecule has 0 aliphatic carbocycles. The summed E-state index contributed by atoms with van der Waals surface area (Å²) in [5.41, 5.74) is 8.77. The third kappa shape index (κ3) is 6.97. The third-order valence-corrected chi connectivity index (χ3v) is 5.08. The van der Waals surface area contributed by atoms with Crippen LogP contribution in [0.4, 0.5) is 4.79 Å².